The van der Waals surface area contributed by atoms with Crippen LogP contribution in [0.3, 0.4) is 0 Å². The van der Waals surface area contributed by atoms with Gasteiger partial charge in [-0.05, 0) is 56.6 Å². The molecular formula is C20H30N2O3Si. The number of rotatable bonds is 0. The van der Waals surface area contributed by atoms with Gasteiger partial charge in [0, 0.05) is 21.4 Å². The Kier molecular flexibility index (Phi) is 4.84. The molecule has 1 aromatic rings. The standard InChI is InChI=1S/C20H30N2O3Si/c1-13-10-20(21,26)18-11-24-15-8-6-14(7-9-15)16-4-2-3-5-17(16)25-12-19(23)22(13)18/h2-5,13-15,18H,6-12,21H2,1,26H3/t13-,14-,15+,18+,20-/m1/s1. The Bertz CT molecular complexity index is 673. The molecule has 6 heteroatoms. The zero-order valence-corrected chi connectivity index (χ0v) is 17.8. The Morgan fingerprint density at radius 1 is 1.23 bits per heavy atom. The van der Waals surface area contributed by atoms with Gasteiger partial charge in [0.05, 0.1) is 18.8 Å². The minimum atomic E-state index is -0.287. The molecule has 1 saturated carbocycles. The van der Waals surface area contributed by atoms with E-state index < -0.39 is 0 Å². The summed E-state index contributed by atoms with van der Waals surface area (Å²) in [5.74, 6) is 1.38. The number of carbonyl (C=O) groups is 1. The first kappa shape index (κ1) is 18.0. The van der Waals surface area contributed by atoms with Crippen molar-refractivity contribution in [2.45, 2.75) is 68.3 Å². The van der Waals surface area contributed by atoms with E-state index in [-0.39, 0.29) is 35.9 Å². The third-order valence-corrected chi connectivity index (χ3v) is 7.54. The maximum atomic E-state index is 13.0. The molecule has 2 N–H and O–H groups in total. The second-order valence-electron chi connectivity index (χ2n) is 8.51. The lowest BCUT2D eigenvalue weighted by atomic mass is 9.82. The summed E-state index contributed by atoms with van der Waals surface area (Å²) in [5, 5.41) is -0.287. The summed E-state index contributed by atoms with van der Waals surface area (Å²) in [6.07, 6.45) is 5.48. The van der Waals surface area contributed by atoms with Crippen molar-refractivity contribution in [2.75, 3.05) is 13.2 Å². The maximum Gasteiger partial charge on any atom is 0.261 e. The summed E-state index contributed by atoms with van der Waals surface area (Å²) in [4.78, 5) is 14.9. The molecule has 3 atom stereocenters. The van der Waals surface area contributed by atoms with Crippen LogP contribution >= 0.6 is 0 Å². The van der Waals surface area contributed by atoms with Crippen LogP contribution in [0.5, 0.6) is 5.75 Å². The predicted octanol–water partition coefficient (Wildman–Crippen LogP) is 1.13. The highest BCUT2D eigenvalue weighted by Gasteiger charge is 2.47. The smallest absolute Gasteiger partial charge is 0.261 e. The van der Waals surface area contributed by atoms with Gasteiger partial charge in [0.15, 0.2) is 6.61 Å². The monoisotopic (exact) mass is 374 g/mol. The van der Waals surface area contributed by atoms with Crippen LogP contribution in [-0.2, 0) is 9.53 Å². The zero-order chi connectivity index (χ0) is 18.3. The number of amides is 1. The lowest BCUT2D eigenvalue weighted by Gasteiger charge is -2.35. The van der Waals surface area contributed by atoms with Crippen molar-refractivity contribution < 1.29 is 14.3 Å². The average Bonchev–Trinajstić information content (AvgIpc) is 2.86. The van der Waals surface area contributed by atoms with Crippen LogP contribution in [0.15, 0.2) is 24.3 Å². The van der Waals surface area contributed by atoms with Gasteiger partial charge in [0.25, 0.3) is 5.91 Å². The quantitative estimate of drug-likeness (QED) is 0.692. The molecule has 1 aromatic carbocycles. The van der Waals surface area contributed by atoms with Crippen molar-refractivity contribution >= 4 is 16.1 Å². The van der Waals surface area contributed by atoms with Crippen LogP contribution in [0.25, 0.3) is 0 Å². The number of ether oxygens (including phenoxy) is 2. The fourth-order valence-corrected chi connectivity index (χ4v) is 6.15. The van der Waals surface area contributed by atoms with Crippen LogP contribution in [0.2, 0.25) is 0 Å². The van der Waals surface area contributed by atoms with E-state index in [0.29, 0.717) is 12.5 Å². The van der Waals surface area contributed by atoms with Crippen LogP contribution in [0, 0.1) is 0 Å². The Morgan fingerprint density at radius 3 is 2.73 bits per heavy atom. The van der Waals surface area contributed by atoms with E-state index in [1.165, 1.54) is 5.56 Å². The molecule has 142 valence electrons. The predicted molar refractivity (Wildman–Crippen MR) is 104 cm³/mol. The van der Waals surface area contributed by atoms with Crippen LogP contribution in [0.1, 0.15) is 50.5 Å². The molecule has 1 amide bonds. The Hall–Kier alpha value is -1.37. The number of hydrogen-bond donors (Lipinski definition) is 1. The molecule has 0 unspecified atom stereocenters. The van der Waals surface area contributed by atoms with E-state index in [0.717, 1.165) is 48.1 Å². The first-order chi connectivity index (χ1) is 12.5. The van der Waals surface area contributed by atoms with Crippen molar-refractivity contribution in [3.63, 3.8) is 0 Å². The van der Waals surface area contributed by atoms with E-state index in [1.807, 2.05) is 17.0 Å². The maximum absolute atomic E-state index is 13.0. The van der Waals surface area contributed by atoms with Gasteiger partial charge in [-0.1, -0.05) is 18.2 Å². The van der Waals surface area contributed by atoms with Crippen molar-refractivity contribution in [1.29, 1.82) is 0 Å². The first-order valence-corrected chi connectivity index (χ1v) is 10.9. The van der Waals surface area contributed by atoms with E-state index >= 15 is 0 Å². The third-order valence-electron chi connectivity index (χ3n) is 6.47. The molecule has 4 aliphatic rings. The number of fused-ring (bicyclic) bond motifs is 5. The molecule has 1 saturated heterocycles. The second kappa shape index (κ2) is 6.98. The fourth-order valence-electron chi connectivity index (χ4n) is 5.12. The molecule has 5 nitrogen and oxygen atoms in total. The summed E-state index contributed by atoms with van der Waals surface area (Å²) in [6.45, 7) is 2.72. The number of nitrogens with two attached hydrogens (primary N) is 1. The highest BCUT2D eigenvalue weighted by atomic mass is 28.1. The van der Waals surface area contributed by atoms with E-state index in [2.05, 4.69) is 19.1 Å². The SMILES string of the molecule is C[C@@H]1C[C@@](N)([SiH3])[C@@H]2CO[C@H]3CC[C@H](CC3)c3ccccc3OCC(=O)N12. The second-order valence-corrected chi connectivity index (χ2v) is 10.4. The van der Waals surface area contributed by atoms with Gasteiger partial charge in [-0.15, -0.1) is 0 Å². The number of carbonyl (C=O) groups excluding carboxylic acids is 1. The minimum Gasteiger partial charge on any atom is -0.483 e. The molecule has 0 aromatic heterocycles. The van der Waals surface area contributed by atoms with Gasteiger partial charge in [0.1, 0.15) is 5.75 Å². The van der Waals surface area contributed by atoms with E-state index in [4.69, 9.17) is 15.2 Å². The lowest BCUT2D eigenvalue weighted by Crippen LogP contribution is -2.56. The van der Waals surface area contributed by atoms with Gasteiger partial charge in [-0.3, -0.25) is 4.79 Å². The largest absolute Gasteiger partial charge is 0.483 e. The summed E-state index contributed by atoms with van der Waals surface area (Å²) >= 11 is 0. The van der Waals surface area contributed by atoms with Gasteiger partial charge >= 0.3 is 0 Å². The molecule has 26 heavy (non-hydrogen) atoms. The van der Waals surface area contributed by atoms with Gasteiger partial charge in [-0.2, -0.15) is 0 Å². The van der Waals surface area contributed by atoms with Gasteiger partial charge in [-0.25, -0.2) is 0 Å². The molecule has 0 spiro atoms. The number of benzene rings is 1. The molecule has 0 radical (unpaired) electrons. The van der Waals surface area contributed by atoms with Crippen molar-refractivity contribution in [1.82, 2.24) is 4.90 Å². The van der Waals surface area contributed by atoms with Gasteiger partial charge in [0.2, 0.25) is 0 Å². The van der Waals surface area contributed by atoms with Gasteiger partial charge < -0.3 is 20.1 Å². The molecule has 1 aliphatic carbocycles. The minimum absolute atomic E-state index is 0.0238. The Labute approximate surface area is 158 Å². The topological polar surface area (TPSA) is 64.8 Å². The summed E-state index contributed by atoms with van der Waals surface area (Å²) in [5.41, 5.74) is 7.85. The van der Waals surface area contributed by atoms with Crippen LogP contribution in [0.4, 0.5) is 0 Å². The Balaban J connectivity index is 1.65. The normalized spacial score (nSPS) is 37.9. The summed E-state index contributed by atoms with van der Waals surface area (Å²) in [6, 6.07) is 8.30. The number of hydrogen-bond acceptors (Lipinski definition) is 4. The molecule has 3 heterocycles. The summed E-state index contributed by atoms with van der Waals surface area (Å²) < 4.78 is 12.3. The van der Waals surface area contributed by atoms with Crippen molar-refractivity contribution in [3.05, 3.63) is 29.8 Å². The van der Waals surface area contributed by atoms with Crippen molar-refractivity contribution in [3.8, 4) is 5.75 Å². The molecule has 5 rings (SSSR count). The lowest BCUT2D eigenvalue weighted by molar-refractivity contribution is -0.138. The fraction of sp³-hybridized carbons (Fsp3) is 0.650. The van der Waals surface area contributed by atoms with E-state index in [1.54, 1.807) is 0 Å². The summed E-state index contributed by atoms with van der Waals surface area (Å²) in [7, 11) is 0.845. The first-order valence-electron chi connectivity index (χ1n) is 9.89. The highest BCUT2D eigenvalue weighted by Crippen LogP contribution is 2.39. The number of para-hydroxylation sites is 1. The van der Waals surface area contributed by atoms with E-state index in [9.17, 15) is 4.79 Å². The highest BCUT2D eigenvalue weighted by molar-refractivity contribution is 6.16. The van der Waals surface area contributed by atoms with Crippen LogP contribution < -0.4 is 10.5 Å². The molecule has 2 fully saturated rings. The van der Waals surface area contributed by atoms with Crippen molar-refractivity contribution in [2.24, 2.45) is 5.73 Å². The van der Waals surface area contributed by atoms with Crippen LogP contribution in [-0.4, -0.2) is 57.6 Å². The number of nitrogens with zero attached hydrogens (tertiary/aromatic N) is 1. The Morgan fingerprint density at radius 2 is 1.96 bits per heavy atom. The molecule has 2 bridgehead atoms. The average molecular weight is 375 g/mol. The zero-order valence-electron chi connectivity index (χ0n) is 15.8. The molecular weight excluding hydrogens is 344 g/mol. The molecule has 3 aliphatic heterocycles. The third kappa shape index (κ3) is 3.30.